The molecular formula is C22H21FN2O4S. The summed E-state index contributed by atoms with van der Waals surface area (Å²) < 4.78 is 46.5. The molecule has 30 heavy (non-hydrogen) atoms. The van der Waals surface area contributed by atoms with Crippen LogP contribution in [0.3, 0.4) is 0 Å². The van der Waals surface area contributed by atoms with Gasteiger partial charge in [-0.3, -0.25) is 9.52 Å². The minimum atomic E-state index is -3.81. The maximum absolute atomic E-state index is 13.8. The third kappa shape index (κ3) is 4.60. The van der Waals surface area contributed by atoms with Gasteiger partial charge in [-0.2, -0.15) is 0 Å². The summed E-state index contributed by atoms with van der Waals surface area (Å²) in [4.78, 5) is 12.4. The fourth-order valence-electron chi connectivity index (χ4n) is 2.80. The topological polar surface area (TPSA) is 84.5 Å². The lowest BCUT2D eigenvalue weighted by Gasteiger charge is -2.12. The molecule has 0 saturated carbocycles. The van der Waals surface area contributed by atoms with E-state index in [0.717, 1.165) is 17.2 Å². The number of ether oxygens (including phenoxy) is 1. The number of hydrogen-bond acceptors (Lipinski definition) is 4. The van der Waals surface area contributed by atoms with Crippen molar-refractivity contribution in [3.63, 3.8) is 0 Å². The fourth-order valence-corrected chi connectivity index (χ4v) is 3.92. The Labute approximate surface area is 174 Å². The van der Waals surface area contributed by atoms with Crippen molar-refractivity contribution >= 4 is 27.3 Å². The van der Waals surface area contributed by atoms with E-state index in [0.29, 0.717) is 5.69 Å². The molecule has 0 spiro atoms. The quantitative estimate of drug-likeness (QED) is 0.605. The molecule has 3 aromatic rings. The van der Waals surface area contributed by atoms with Gasteiger partial charge in [0.15, 0.2) is 11.6 Å². The van der Waals surface area contributed by atoms with Gasteiger partial charge in [0.05, 0.1) is 17.7 Å². The first-order valence-electron chi connectivity index (χ1n) is 9.05. The highest BCUT2D eigenvalue weighted by Gasteiger charge is 2.17. The molecule has 0 aromatic heterocycles. The van der Waals surface area contributed by atoms with Crippen LogP contribution in [0.5, 0.6) is 5.75 Å². The Morgan fingerprint density at radius 3 is 2.33 bits per heavy atom. The molecule has 6 nitrogen and oxygen atoms in total. The van der Waals surface area contributed by atoms with Gasteiger partial charge in [-0.05, 0) is 67.4 Å². The van der Waals surface area contributed by atoms with E-state index < -0.39 is 21.7 Å². The predicted octanol–water partition coefficient (Wildman–Crippen LogP) is 4.50. The Morgan fingerprint density at radius 2 is 1.70 bits per heavy atom. The lowest BCUT2D eigenvalue weighted by Crippen LogP contribution is -2.15. The third-order valence-electron chi connectivity index (χ3n) is 4.69. The van der Waals surface area contributed by atoms with Crippen molar-refractivity contribution in [2.24, 2.45) is 0 Å². The standard InChI is InChI=1S/C22H21FN2O4S/c1-14-5-4-6-20(15(14)2)25-30(27,28)18-10-7-16(8-11-18)22(26)24-17-9-12-21(29-3)19(23)13-17/h4-13,25H,1-3H3,(H,24,26). The van der Waals surface area contributed by atoms with Gasteiger partial charge in [-0.15, -0.1) is 0 Å². The molecule has 0 radical (unpaired) electrons. The van der Waals surface area contributed by atoms with Crippen LogP contribution in [0.2, 0.25) is 0 Å². The minimum Gasteiger partial charge on any atom is -0.494 e. The first-order chi connectivity index (χ1) is 14.2. The van der Waals surface area contributed by atoms with E-state index in [1.807, 2.05) is 19.9 Å². The van der Waals surface area contributed by atoms with E-state index in [-0.39, 0.29) is 21.9 Å². The van der Waals surface area contributed by atoms with Gasteiger partial charge in [0.25, 0.3) is 15.9 Å². The molecule has 156 valence electrons. The molecule has 0 heterocycles. The van der Waals surface area contributed by atoms with E-state index in [1.54, 1.807) is 12.1 Å². The van der Waals surface area contributed by atoms with Gasteiger partial charge in [0.1, 0.15) is 0 Å². The number of benzene rings is 3. The summed E-state index contributed by atoms with van der Waals surface area (Å²) in [6, 6.07) is 14.9. The Kier molecular flexibility index (Phi) is 6.07. The van der Waals surface area contributed by atoms with E-state index >= 15 is 0 Å². The van der Waals surface area contributed by atoms with Gasteiger partial charge in [-0.1, -0.05) is 12.1 Å². The van der Waals surface area contributed by atoms with Crippen molar-refractivity contribution in [1.29, 1.82) is 0 Å². The summed E-state index contributed by atoms with van der Waals surface area (Å²) in [5.41, 5.74) is 2.79. The van der Waals surface area contributed by atoms with Crippen LogP contribution in [0, 0.1) is 19.7 Å². The Morgan fingerprint density at radius 1 is 1.00 bits per heavy atom. The number of halogens is 1. The van der Waals surface area contributed by atoms with Crippen molar-refractivity contribution in [1.82, 2.24) is 0 Å². The fraction of sp³-hybridized carbons (Fsp3) is 0.136. The van der Waals surface area contributed by atoms with Crippen molar-refractivity contribution in [2.75, 3.05) is 17.1 Å². The maximum Gasteiger partial charge on any atom is 0.261 e. The summed E-state index contributed by atoms with van der Waals surface area (Å²) in [5, 5.41) is 2.56. The van der Waals surface area contributed by atoms with Crippen LogP contribution in [-0.4, -0.2) is 21.4 Å². The number of hydrogen-bond donors (Lipinski definition) is 2. The molecule has 0 aliphatic rings. The highest BCUT2D eigenvalue weighted by atomic mass is 32.2. The van der Waals surface area contributed by atoms with Crippen LogP contribution in [-0.2, 0) is 10.0 Å². The van der Waals surface area contributed by atoms with Gasteiger partial charge < -0.3 is 10.1 Å². The van der Waals surface area contributed by atoms with Crippen LogP contribution in [0.4, 0.5) is 15.8 Å². The van der Waals surface area contributed by atoms with Crippen LogP contribution in [0.15, 0.2) is 65.6 Å². The van der Waals surface area contributed by atoms with Crippen LogP contribution in [0.25, 0.3) is 0 Å². The number of carbonyl (C=O) groups is 1. The summed E-state index contributed by atoms with van der Waals surface area (Å²) >= 11 is 0. The highest BCUT2D eigenvalue weighted by molar-refractivity contribution is 7.92. The monoisotopic (exact) mass is 428 g/mol. The number of rotatable bonds is 6. The molecule has 0 bridgehead atoms. The molecular weight excluding hydrogens is 407 g/mol. The Hall–Kier alpha value is -3.39. The predicted molar refractivity (Wildman–Crippen MR) is 114 cm³/mol. The summed E-state index contributed by atoms with van der Waals surface area (Å²) in [6.45, 7) is 3.73. The highest BCUT2D eigenvalue weighted by Crippen LogP contribution is 2.23. The maximum atomic E-state index is 13.8. The van der Waals surface area contributed by atoms with Crippen molar-refractivity contribution in [2.45, 2.75) is 18.7 Å². The van der Waals surface area contributed by atoms with E-state index in [1.165, 1.54) is 43.5 Å². The molecule has 1 amide bonds. The van der Waals surface area contributed by atoms with Gasteiger partial charge in [0.2, 0.25) is 0 Å². The molecule has 0 fully saturated rings. The molecule has 3 rings (SSSR count). The van der Waals surface area contributed by atoms with Crippen molar-refractivity contribution in [3.8, 4) is 5.75 Å². The second kappa shape index (κ2) is 8.54. The first-order valence-corrected chi connectivity index (χ1v) is 10.5. The zero-order chi connectivity index (χ0) is 21.9. The number of carbonyl (C=O) groups excluding carboxylic acids is 1. The van der Waals surface area contributed by atoms with Crippen LogP contribution in [0.1, 0.15) is 21.5 Å². The van der Waals surface area contributed by atoms with Crippen molar-refractivity contribution < 1.29 is 22.3 Å². The Balaban J connectivity index is 1.75. The number of methoxy groups -OCH3 is 1. The molecule has 0 unspecified atom stereocenters. The smallest absolute Gasteiger partial charge is 0.261 e. The molecule has 2 N–H and O–H groups in total. The molecule has 0 aliphatic heterocycles. The number of anilines is 2. The summed E-state index contributed by atoms with van der Waals surface area (Å²) in [6.07, 6.45) is 0. The Bertz CT molecular complexity index is 1190. The van der Waals surface area contributed by atoms with Gasteiger partial charge in [0, 0.05) is 17.3 Å². The molecule has 0 atom stereocenters. The molecule has 3 aromatic carbocycles. The van der Waals surface area contributed by atoms with Gasteiger partial charge >= 0.3 is 0 Å². The van der Waals surface area contributed by atoms with Crippen LogP contribution >= 0.6 is 0 Å². The second-order valence-corrected chi connectivity index (χ2v) is 8.36. The second-order valence-electron chi connectivity index (χ2n) is 6.68. The number of sulfonamides is 1. The molecule has 0 saturated heterocycles. The number of nitrogens with one attached hydrogen (secondary N) is 2. The average molecular weight is 428 g/mol. The normalized spacial score (nSPS) is 11.1. The number of amides is 1. The minimum absolute atomic E-state index is 0.0236. The molecule has 0 aliphatic carbocycles. The molecule has 8 heteroatoms. The van der Waals surface area contributed by atoms with E-state index in [2.05, 4.69) is 10.0 Å². The van der Waals surface area contributed by atoms with Crippen LogP contribution < -0.4 is 14.8 Å². The van der Waals surface area contributed by atoms with Crippen molar-refractivity contribution in [3.05, 3.63) is 83.2 Å². The average Bonchev–Trinajstić information content (AvgIpc) is 2.71. The number of aryl methyl sites for hydroxylation is 1. The zero-order valence-corrected chi connectivity index (χ0v) is 17.5. The zero-order valence-electron chi connectivity index (χ0n) is 16.7. The SMILES string of the molecule is COc1ccc(NC(=O)c2ccc(S(=O)(=O)Nc3cccc(C)c3C)cc2)cc1F. The lowest BCUT2D eigenvalue weighted by atomic mass is 10.1. The lowest BCUT2D eigenvalue weighted by molar-refractivity contribution is 0.102. The van der Waals surface area contributed by atoms with Gasteiger partial charge in [-0.25, -0.2) is 12.8 Å². The van der Waals surface area contributed by atoms with E-state index in [9.17, 15) is 17.6 Å². The third-order valence-corrected chi connectivity index (χ3v) is 6.07. The van der Waals surface area contributed by atoms with E-state index in [4.69, 9.17) is 4.74 Å². The largest absolute Gasteiger partial charge is 0.494 e. The summed E-state index contributed by atoms with van der Waals surface area (Å²) in [7, 11) is -2.46. The summed E-state index contributed by atoms with van der Waals surface area (Å²) in [5.74, 6) is -1.03. The first kappa shape index (κ1) is 21.3.